The number of rotatable bonds is 5. The molecule has 49 heavy (non-hydrogen) atoms. The fourth-order valence-electron chi connectivity index (χ4n) is 8.24. The molecule has 1 N–H and O–H groups in total. The highest BCUT2D eigenvalue weighted by Gasteiger charge is 2.46. The van der Waals surface area contributed by atoms with E-state index in [-0.39, 0.29) is 0 Å². The molecule has 1 aliphatic rings. The van der Waals surface area contributed by atoms with E-state index in [2.05, 4.69) is 187 Å². The van der Waals surface area contributed by atoms with Crippen LogP contribution in [0.3, 0.4) is 0 Å². The zero-order valence-corrected chi connectivity index (χ0v) is 27.5. The van der Waals surface area contributed by atoms with E-state index in [1.807, 2.05) is 11.3 Å². The van der Waals surface area contributed by atoms with Gasteiger partial charge in [0.1, 0.15) is 0 Å². The maximum absolute atomic E-state index is 3.88. The van der Waals surface area contributed by atoms with Crippen LogP contribution in [0.15, 0.2) is 182 Å². The van der Waals surface area contributed by atoms with E-state index in [1.54, 1.807) is 0 Å². The summed E-state index contributed by atoms with van der Waals surface area (Å²) >= 11 is 1.87. The fourth-order valence-corrected chi connectivity index (χ4v) is 9.34. The lowest BCUT2D eigenvalue weighted by atomic mass is 9.67. The van der Waals surface area contributed by atoms with Crippen LogP contribution in [0.1, 0.15) is 22.3 Å². The smallest absolute Gasteiger partial charge is 0.0714 e. The molecule has 1 aromatic heterocycles. The number of hydrogen-bond donors (Lipinski definition) is 1. The van der Waals surface area contributed by atoms with E-state index in [0.29, 0.717) is 0 Å². The first-order valence-corrected chi connectivity index (χ1v) is 17.7. The normalized spacial score (nSPS) is 13.1. The van der Waals surface area contributed by atoms with E-state index < -0.39 is 5.41 Å². The predicted molar refractivity (Wildman–Crippen MR) is 209 cm³/mol. The molecule has 9 aromatic rings. The van der Waals surface area contributed by atoms with Crippen molar-refractivity contribution in [2.24, 2.45) is 0 Å². The lowest BCUT2D eigenvalue weighted by Gasteiger charge is -2.34. The van der Waals surface area contributed by atoms with Gasteiger partial charge in [0.25, 0.3) is 0 Å². The molecule has 0 spiro atoms. The summed E-state index contributed by atoms with van der Waals surface area (Å²) in [6.07, 6.45) is 0. The summed E-state index contributed by atoms with van der Waals surface area (Å²) in [6.45, 7) is 0. The Bertz CT molecular complexity index is 2650. The average molecular weight is 642 g/mol. The van der Waals surface area contributed by atoms with Crippen molar-refractivity contribution in [3.05, 3.63) is 204 Å². The molecule has 0 aliphatic heterocycles. The van der Waals surface area contributed by atoms with Crippen LogP contribution in [0, 0.1) is 0 Å². The molecule has 10 rings (SSSR count). The van der Waals surface area contributed by atoms with Gasteiger partial charge in [-0.1, -0.05) is 146 Å². The van der Waals surface area contributed by atoms with Crippen LogP contribution < -0.4 is 5.32 Å². The molecule has 0 saturated heterocycles. The van der Waals surface area contributed by atoms with E-state index in [1.165, 1.54) is 75.5 Å². The third-order valence-electron chi connectivity index (χ3n) is 10.3. The fraction of sp³-hybridized carbons (Fsp3) is 0.0213. The van der Waals surface area contributed by atoms with E-state index in [0.717, 1.165) is 11.4 Å². The third kappa shape index (κ3) is 4.24. The monoisotopic (exact) mass is 641 g/mol. The number of hydrogen-bond acceptors (Lipinski definition) is 2. The second-order valence-corrected chi connectivity index (χ2v) is 14.0. The number of fused-ring (bicyclic) bond motifs is 8. The molecule has 0 fully saturated rings. The topological polar surface area (TPSA) is 12.0 Å². The van der Waals surface area contributed by atoms with Gasteiger partial charge in [0.15, 0.2) is 0 Å². The van der Waals surface area contributed by atoms with Gasteiger partial charge in [-0.05, 0) is 86.1 Å². The Hall–Kier alpha value is -5.96. The minimum Gasteiger partial charge on any atom is -0.355 e. The minimum atomic E-state index is -0.431. The van der Waals surface area contributed by atoms with Crippen molar-refractivity contribution in [1.82, 2.24) is 0 Å². The molecule has 0 bridgehead atoms. The lowest BCUT2D eigenvalue weighted by Crippen LogP contribution is -2.28. The van der Waals surface area contributed by atoms with Crippen LogP contribution in [0.5, 0.6) is 0 Å². The molecule has 0 saturated carbocycles. The Morgan fingerprint density at radius 1 is 0.429 bits per heavy atom. The molecule has 1 aliphatic carbocycles. The number of para-hydroxylation sites is 1. The quantitative estimate of drug-likeness (QED) is 0.197. The molecule has 230 valence electrons. The number of anilines is 2. The Morgan fingerprint density at radius 3 is 1.90 bits per heavy atom. The third-order valence-corrected chi connectivity index (χ3v) is 11.5. The summed E-state index contributed by atoms with van der Waals surface area (Å²) in [5.41, 5.74) is 11.9. The Balaban J connectivity index is 1.13. The molecule has 0 unspecified atom stereocenters. The molecule has 0 atom stereocenters. The first-order valence-electron chi connectivity index (χ1n) is 16.8. The highest BCUT2D eigenvalue weighted by Crippen LogP contribution is 2.56. The van der Waals surface area contributed by atoms with E-state index >= 15 is 0 Å². The number of benzene rings is 8. The van der Waals surface area contributed by atoms with Crippen LogP contribution in [0.25, 0.3) is 53.2 Å². The van der Waals surface area contributed by atoms with Crippen molar-refractivity contribution in [1.29, 1.82) is 0 Å². The second-order valence-electron chi connectivity index (χ2n) is 12.9. The van der Waals surface area contributed by atoms with Gasteiger partial charge in [0.05, 0.1) is 5.41 Å². The van der Waals surface area contributed by atoms with Crippen LogP contribution >= 0.6 is 11.3 Å². The minimum absolute atomic E-state index is 0.431. The first kappa shape index (κ1) is 28.1. The van der Waals surface area contributed by atoms with Crippen LogP contribution in [0.2, 0.25) is 0 Å². The molecular formula is C47H31NS. The van der Waals surface area contributed by atoms with Gasteiger partial charge in [-0.15, -0.1) is 11.3 Å². The van der Waals surface area contributed by atoms with Crippen LogP contribution in [-0.4, -0.2) is 0 Å². The summed E-state index contributed by atoms with van der Waals surface area (Å²) in [5, 5.41) is 9.14. The maximum atomic E-state index is 3.88. The zero-order chi connectivity index (χ0) is 32.4. The zero-order valence-electron chi connectivity index (χ0n) is 26.7. The molecule has 1 nitrogen and oxygen atoms in total. The van der Waals surface area contributed by atoms with E-state index in [4.69, 9.17) is 0 Å². The molecule has 0 amide bonds. The molecule has 1 heterocycles. The van der Waals surface area contributed by atoms with Gasteiger partial charge in [-0.2, -0.15) is 0 Å². The van der Waals surface area contributed by atoms with Gasteiger partial charge in [0, 0.05) is 37.1 Å². The molecular weight excluding hydrogens is 611 g/mol. The Kier molecular flexibility index (Phi) is 6.34. The van der Waals surface area contributed by atoms with Crippen molar-refractivity contribution in [2.75, 3.05) is 5.32 Å². The predicted octanol–water partition coefficient (Wildman–Crippen LogP) is 13.0. The van der Waals surface area contributed by atoms with Gasteiger partial charge >= 0.3 is 0 Å². The largest absolute Gasteiger partial charge is 0.355 e. The van der Waals surface area contributed by atoms with Crippen molar-refractivity contribution in [2.45, 2.75) is 5.41 Å². The van der Waals surface area contributed by atoms with Crippen molar-refractivity contribution in [3.63, 3.8) is 0 Å². The average Bonchev–Trinajstić information content (AvgIpc) is 3.69. The number of thiophene rings is 1. The SMILES string of the molecule is c1ccc(C2(c3ccccc3)c3ccccc3-c3ccc(Nc4ccccc4-c4ccc5sc6ccc7ccccc7c6c5c4)cc32)cc1. The van der Waals surface area contributed by atoms with Crippen molar-refractivity contribution >= 4 is 53.7 Å². The summed E-state index contributed by atoms with van der Waals surface area (Å²) in [7, 11) is 0. The molecule has 0 radical (unpaired) electrons. The maximum Gasteiger partial charge on any atom is 0.0714 e. The Morgan fingerprint density at radius 2 is 1.08 bits per heavy atom. The molecule has 2 heteroatoms. The van der Waals surface area contributed by atoms with Crippen LogP contribution in [0.4, 0.5) is 11.4 Å². The number of nitrogens with one attached hydrogen (secondary N) is 1. The Labute approximate surface area is 289 Å². The lowest BCUT2D eigenvalue weighted by molar-refractivity contribution is 0.769. The highest BCUT2D eigenvalue weighted by molar-refractivity contribution is 7.26. The summed E-state index contributed by atoms with van der Waals surface area (Å²) in [4.78, 5) is 0. The first-order chi connectivity index (χ1) is 24.3. The van der Waals surface area contributed by atoms with Gasteiger partial charge in [-0.25, -0.2) is 0 Å². The highest BCUT2D eigenvalue weighted by atomic mass is 32.1. The van der Waals surface area contributed by atoms with Crippen molar-refractivity contribution in [3.8, 4) is 22.3 Å². The summed E-state index contributed by atoms with van der Waals surface area (Å²) in [5.74, 6) is 0. The standard InChI is InChI=1S/C47H31NS/c1-3-14-33(15-4-1)47(34-16-5-2-6-17-34)41-21-11-9-20-38(41)39-26-25-35(30-42(39)47)48-43-22-12-10-18-36(43)32-24-27-44-40(29-32)46-37-19-8-7-13-31(37)23-28-45(46)49-44/h1-30,48H. The van der Waals surface area contributed by atoms with E-state index in [9.17, 15) is 0 Å². The van der Waals surface area contributed by atoms with Gasteiger partial charge in [-0.3, -0.25) is 0 Å². The van der Waals surface area contributed by atoms with Crippen molar-refractivity contribution < 1.29 is 0 Å². The van der Waals surface area contributed by atoms with Crippen LogP contribution in [-0.2, 0) is 5.41 Å². The van der Waals surface area contributed by atoms with Gasteiger partial charge < -0.3 is 5.32 Å². The molecule has 8 aromatic carbocycles. The van der Waals surface area contributed by atoms with Gasteiger partial charge in [0.2, 0.25) is 0 Å². The summed E-state index contributed by atoms with van der Waals surface area (Å²) in [6, 6.07) is 66.7. The summed E-state index contributed by atoms with van der Waals surface area (Å²) < 4.78 is 2.65. The second kappa shape index (κ2) is 11.1.